The standard InChI is InChI=1S/C16H15BrFN5O2/c1-16(2,24)10-6-19-15(20-7-10)25-9-11-8-23(22-21-11)12-3-4-14(18)13(17)5-12/h3-8,24H,9H2,1-2H3. The van der Waals surface area contributed by atoms with Crippen molar-refractivity contribution in [3.8, 4) is 11.7 Å². The molecule has 0 aliphatic heterocycles. The summed E-state index contributed by atoms with van der Waals surface area (Å²) >= 11 is 3.14. The first-order valence-corrected chi connectivity index (χ1v) is 8.16. The summed E-state index contributed by atoms with van der Waals surface area (Å²) in [6.45, 7) is 3.43. The van der Waals surface area contributed by atoms with Crippen LogP contribution >= 0.6 is 15.9 Å². The smallest absolute Gasteiger partial charge is 0.316 e. The van der Waals surface area contributed by atoms with Crippen molar-refractivity contribution in [3.05, 3.63) is 58.3 Å². The second-order valence-corrected chi connectivity index (χ2v) is 6.71. The van der Waals surface area contributed by atoms with Gasteiger partial charge in [0.05, 0.1) is 22.0 Å². The van der Waals surface area contributed by atoms with E-state index in [2.05, 4.69) is 36.2 Å². The largest absolute Gasteiger partial charge is 0.457 e. The zero-order valence-corrected chi connectivity index (χ0v) is 15.1. The highest BCUT2D eigenvalue weighted by Crippen LogP contribution is 2.20. The fraction of sp³-hybridized carbons (Fsp3) is 0.250. The molecule has 2 aromatic heterocycles. The van der Waals surface area contributed by atoms with Crippen LogP contribution in [-0.2, 0) is 12.2 Å². The minimum Gasteiger partial charge on any atom is -0.457 e. The van der Waals surface area contributed by atoms with E-state index in [9.17, 15) is 9.50 Å². The van der Waals surface area contributed by atoms with E-state index < -0.39 is 5.60 Å². The molecule has 9 heteroatoms. The van der Waals surface area contributed by atoms with Gasteiger partial charge < -0.3 is 9.84 Å². The van der Waals surface area contributed by atoms with E-state index in [1.807, 2.05) is 0 Å². The Morgan fingerprint density at radius 2 is 2.00 bits per heavy atom. The molecule has 0 amide bonds. The van der Waals surface area contributed by atoms with Crippen molar-refractivity contribution >= 4 is 15.9 Å². The van der Waals surface area contributed by atoms with Crippen LogP contribution in [0.1, 0.15) is 25.1 Å². The van der Waals surface area contributed by atoms with Crippen LogP contribution in [0.25, 0.3) is 5.69 Å². The summed E-state index contributed by atoms with van der Waals surface area (Å²) in [5, 5.41) is 17.9. The molecule has 2 heterocycles. The molecule has 3 aromatic rings. The zero-order valence-electron chi connectivity index (χ0n) is 13.5. The monoisotopic (exact) mass is 407 g/mol. The van der Waals surface area contributed by atoms with Crippen LogP contribution in [0.3, 0.4) is 0 Å². The molecule has 7 nitrogen and oxygen atoms in total. The lowest BCUT2D eigenvalue weighted by Gasteiger charge is -2.16. The van der Waals surface area contributed by atoms with Crippen molar-refractivity contribution in [2.24, 2.45) is 0 Å². The van der Waals surface area contributed by atoms with Crippen LogP contribution in [0, 0.1) is 5.82 Å². The van der Waals surface area contributed by atoms with E-state index >= 15 is 0 Å². The number of nitrogens with zero attached hydrogens (tertiary/aromatic N) is 5. The van der Waals surface area contributed by atoms with Crippen molar-refractivity contribution < 1.29 is 14.2 Å². The van der Waals surface area contributed by atoms with Gasteiger partial charge in [0, 0.05) is 18.0 Å². The summed E-state index contributed by atoms with van der Waals surface area (Å²) in [7, 11) is 0. The molecule has 0 atom stereocenters. The third kappa shape index (κ3) is 4.18. The third-order valence-electron chi connectivity index (χ3n) is 3.39. The molecule has 0 aliphatic rings. The maximum absolute atomic E-state index is 13.3. The van der Waals surface area contributed by atoms with Gasteiger partial charge in [-0.1, -0.05) is 5.21 Å². The number of rotatable bonds is 5. The molecular weight excluding hydrogens is 393 g/mol. The lowest BCUT2D eigenvalue weighted by Crippen LogP contribution is -2.16. The first-order chi connectivity index (χ1) is 11.8. The zero-order chi connectivity index (χ0) is 18.0. The first-order valence-electron chi connectivity index (χ1n) is 7.37. The molecule has 1 aromatic carbocycles. The van der Waals surface area contributed by atoms with Crippen molar-refractivity contribution in [2.75, 3.05) is 0 Å². The fourth-order valence-corrected chi connectivity index (χ4v) is 2.33. The Morgan fingerprint density at radius 3 is 2.64 bits per heavy atom. The Hall–Kier alpha value is -2.39. The van der Waals surface area contributed by atoms with Crippen molar-refractivity contribution in [2.45, 2.75) is 26.1 Å². The summed E-state index contributed by atoms with van der Waals surface area (Å²) in [6, 6.07) is 4.72. The van der Waals surface area contributed by atoms with E-state index in [0.717, 1.165) is 0 Å². The van der Waals surface area contributed by atoms with Crippen LogP contribution in [0.15, 0.2) is 41.3 Å². The highest BCUT2D eigenvalue weighted by atomic mass is 79.9. The van der Waals surface area contributed by atoms with E-state index in [1.165, 1.54) is 23.1 Å². The minimum atomic E-state index is -1.01. The molecule has 25 heavy (non-hydrogen) atoms. The topological polar surface area (TPSA) is 86.0 Å². The molecule has 0 saturated heterocycles. The molecule has 0 bridgehead atoms. The summed E-state index contributed by atoms with van der Waals surface area (Å²) in [5.41, 5.74) is 0.811. The number of aromatic nitrogens is 5. The summed E-state index contributed by atoms with van der Waals surface area (Å²) in [5.74, 6) is -0.348. The van der Waals surface area contributed by atoms with Gasteiger partial charge in [-0.25, -0.2) is 19.0 Å². The SMILES string of the molecule is CC(C)(O)c1cnc(OCc2cn(-c3ccc(F)c(Br)c3)nn2)nc1. The molecule has 130 valence electrons. The average molecular weight is 408 g/mol. The lowest BCUT2D eigenvalue weighted by molar-refractivity contribution is 0.0775. The van der Waals surface area contributed by atoms with Gasteiger partial charge in [-0.05, 0) is 48.0 Å². The van der Waals surface area contributed by atoms with Gasteiger partial charge in [0.15, 0.2) is 0 Å². The molecule has 0 spiro atoms. The van der Waals surface area contributed by atoms with E-state index in [4.69, 9.17) is 4.74 Å². The predicted molar refractivity (Wildman–Crippen MR) is 90.6 cm³/mol. The van der Waals surface area contributed by atoms with Gasteiger partial charge in [0.2, 0.25) is 0 Å². The van der Waals surface area contributed by atoms with E-state index in [1.54, 1.807) is 32.2 Å². The minimum absolute atomic E-state index is 0.129. The summed E-state index contributed by atoms with van der Waals surface area (Å²) < 4.78 is 20.6. The summed E-state index contributed by atoms with van der Waals surface area (Å²) in [4.78, 5) is 8.10. The Balaban J connectivity index is 1.66. The number of benzene rings is 1. The highest BCUT2D eigenvalue weighted by molar-refractivity contribution is 9.10. The van der Waals surface area contributed by atoms with Gasteiger partial charge in [0.1, 0.15) is 18.1 Å². The van der Waals surface area contributed by atoms with Crippen LogP contribution < -0.4 is 4.74 Å². The number of hydrogen-bond donors (Lipinski definition) is 1. The van der Waals surface area contributed by atoms with Crippen molar-refractivity contribution in [1.29, 1.82) is 0 Å². The number of aliphatic hydroxyl groups is 1. The quantitative estimate of drug-likeness (QED) is 0.699. The number of hydrogen-bond acceptors (Lipinski definition) is 6. The lowest BCUT2D eigenvalue weighted by atomic mass is 10.0. The van der Waals surface area contributed by atoms with Crippen molar-refractivity contribution in [3.63, 3.8) is 0 Å². The van der Waals surface area contributed by atoms with E-state index in [-0.39, 0.29) is 18.4 Å². The Labute approximate surface area is 151 Å². The van der Waals surface area contributed by atoms with Crippen LogP contribution in [0.2, 0.25) is 0 Å². The van der Waals surface area contributed by atoms with E-state index in [0.29, 0.717) is 21.4 Å². The molecule has 1 N–H and O–H groups in total. The number of halogens is 2. The maximum Gasteiger partial charge on any atom is 0.316 e. The molecule has 0 unspecified atom stereocenters. The maximum atomic E-state index is 13.3. The predicted octanol–water partition coefficient (Wildman–Crippen LogP) is 2.77. The normalized spacial score (nSPS) is 11.6. The highest BCUT2D eigenvalue weighted by Gasteiger charge is 2.17. The van der Waals surface area contributed by atoms with Crippen molar-refractivity contribution in [1.82, 2.24) is 25.0 Å². The molecular formula is C16H15BrFN5O2. The van der Waals surface area contributed by atoms with Gasteiger partial charge in [-0.2, -0.15) is 0 Å². The van der Waals surface area contributed by atoms with Crippen LogP contribution in [0.5, 0.6) is 6.01 Å². The number of ether oxygens (including phenoxy) is 1. The Bertz CT molecular complexity index is 877. The van der Waals surface area contributed by atoms with Gasteiger partial charge in [-0.15, -0.1) is 5.10 Å². The molecule has 3 rings (SSSR count). The molecule has 0 fully saturated rings. The van der Waals surface area contributed by atoms with Gasteiger partial charge >= 0.3 is 6.01 Å². The summed E-state index contributed by atoms with van der Waals surface area (Å²) in [6.07, 6.45) is 4.69. The van der Waals surface area contributed by atoms with Crippen LogP contribution in [0.4, 0.5) is 4.39 Å². The molecule has 0 saturated carbocycles. The third-order valence-corrected chi connectivity index (χ3v) is 4.00. The molecule has 0 aliphatic carbocycles. The Kier molecular flexibility index (Phi) is 4.78. The molecule has 0 radical (unpaired) electrons. The van der Waals surface area contributed by atoms with Crippen LogP contribution in [-0.4, -0.2) is 30.1 Å². The first kappa shape index (κ1) is 17.4. The fourth-order valence-electron chi connectivity index (χ4n) is 1.96. The van der Waals surface area contributed by atoms with Gasteiger partial charge in [0.25, 0.3) is 0 Å². The second-order valence-electron chi connectivity index (χ2n) is 5.85. The van der Waals surface area contributed by atoms with Gasteiger partial charge in [-0.3, -0.25) is 0 Å². The Morgan fingerprint density at radius 1 is 1.28 bits per heavy atom. The average Bonchev–Trinajstić information content (AvgIpc) is 3.04. The second kappa shape index (κ2) is 6.85.